The number of carboxylic acid groups (broad SMARTS) is 1. The lowest BCUT2D eigenvalue weighted by molar-refractivity contribution is -0.309. The molecule has 0 spiro atoms. The molecule has 1 fully saturated rings. The number of aromatic hydroxyl groups is 2. The zero-order valence-electron chi connectivity index (χ0n) is 35.0. The second-order valence-electron chi connectivity index (χ2n) is 14.9. The molecule has 20 heteroatoms. The average molecular weight is 875 g/mol. The summed E-state index contributed by atoms with van der Waals surface area (Å²) < 4.78 is 33.3. The van der Waals surface area contributed by atoms with Crippen molar-refractivity contribution in [1.29, 1.82) is 0 Å². The zero-order valence-corrected chi connectivity index (χ0v) is 35.0. The Morgan fingerprint density at radius 3 is 2.27 bits per heavy atom. The number of aliphatic hydroxyl groups excluding tert-OH is 5. The molecule has 7 atom stereocenters. The van der Waals surface area contributed by atoms with Crippen molar-refractivity contribution >= 4 is 23.6 Å². The highest BCUT2D eigenvalue weighted by Crippen LogP contribution is 2.46. The Labute approximate surface area is 358 Å². The summed E-state index contributed by atoms with van der Waals surface area (Å²) in [6.45, 7) is 5.88. The van der Waals surface area contributed by atoms with E-state index in [1.807, 2.05) is 51.1 Å². The number of phenols is 2. The van der Waals surface area contributed by atoms with Crippen molar-refractivity contribution in [3.63, 3.8) is 0 Å². The zero-order chi connectivity index (χ0) is 45.5. The second-order valence-corrected chi connectivity index (χ2v) is 14.9. The average Bonchev–Trinajstić information content (AvgIpc) is 3.23. The van der Waals surface area contributed by atoms with Crippen molar-refractivity contribution in [2.24, 2.45) is 16.6 Å². The number of nitrogens with zero attached hydrogens (tertiary/aromatic N) is 1. The first-order valence-corrected chi connectivity index (χ1v) is 20.1. The number of hydrogen-bond donors (Lipinski definition) is 11. The number of rotatable bonds is 23. The Balaban J connectivity index is 1.59. The Bertz CT molecular complexity index is 1950. The van der Waals surface area contributed by atoms with E-state index in [2.05, 4.69) is 15.6 Å². The molecule has 0 saturated carbocycles. The number of methoxy groups -OCH3 is 1. The summed E-state index contributed by atoms with van der Waals surface area (Å²) in [5, 5.41) is 90.7. The third kappa shape index (κ3) is 13.4. The van der Waals surface area contributed by atoms with Gasteiger partial charge in [-0.2, -0.15) is 0 Å². The maximum absolute atomic E-state index is 13.4. The fraction of sp³-hybridized carbons (Fsp3) is 0.500. The van der Waals surface area contributed by atoms with Crippen LogP contribution in [0.5, 0.6) is 34.5 Å². The number of aliphatic hydroxyl groups is 5. The van der Waals surface area contributed by atoms with Crippen LogP contribution in [0.1, 0.15) is 72.7 Å². The minimum Gasteiger partial charge on any atom is -0.504 e. The fourth-order valence-electron chi connectivity index (χ4n) is 6.21. The summed E-state index contributed by atoms with van der Waals surface area (Å²) in [6.07, 6.45) is -9.46. The second kappa shape index (κ2) is 23.4. The Hall–Kier alpha value is -5.77. The van der Waals surface area contributed by atoms with Crippen LogP contribution in [-0.4, -0.2) is 135 Å². The van der Waals surface area contributed by atoms with Crippen molar-refractivity contribution in [1.82, 2.24) is 5.32 Å². The molecule has 3 aromatic carbocycles. The molecule has 0 aliphatic carbocycles. The van der Waals surface area contributed by atoms with E-state index in [1.54, 1.807) is 0 Å². The van der Waals surface area contributed by atoms with Crippen LogP contribution in [0.2, 0.25) is 0 Å². The van der Waals surface area contributed by atoms with Gasteiger partial charge in [-0.25, -0.2) is 14.6 Å². The molecule has 20 nitrogen and oxygen atoms in total. The Kier molecular flexibility index (Phi) is 18.5. The number of unbranched alkanes of at least 4 members (excludes halogenated alkanes) is 1. The quantitative estimate of drug-likeness (QED) is 0.0213. The van der Waals surface area contributed by atoms with Gasteiger partial charge >= 0.3 is 11.9 Å². The van der Waals surface area contributed by atoms with Gasteiger partial charge in [0.2, 0.25) is 24.1 Å². The summed E-state index contributed by atoms with van der Waals surface area (Å²) >= 11 is 0. The number of aromatic carboxylic acids is 1. The number of hydrogen-bond acceptors (Lipinski definition) is 17. The van der Waals surface area contributed by atoms with Crippen LogP contribution in [0.15, 0.2) is 53.5 Å². The van der Waals surface area contributed by atoms with Crippen LogP contribution in [-0.2, 0) is 15.9 Å². The highest BCUT2D eigenvalue weighted by Gasteiger charge is 2.49. The maximum atomic E-state index is 13.4. The molecule has 3 aromatic rings. The number of anilines is 1. The summed E-state index contributed by atoms with van der Waals surface area (Å²) in [5.74, 6) is -5.12. The third-order valence-electron chi connectivity index (χ3n) is 9.71. The number of benzene rings is 3. The van der Waals surface area contributed by atoms with E-state index in [1.165, 1.54) is 13.2 Å². The molecular weight excluding hydrogens is 816 g/mol. The number of aliphatic imine (C=N–C) groups is 1. The highest BCUT2D eigenvalue weighted by molar-refractivity contribution is 5.96. The number of phenolic OH excluding ortho intramolecular Hbond substituents is 2. The molecule has 0 radical (unpaired) electrons. The lowest BCUT2D eigenvalue weighted by Gasteiger charge is -2.41. The van der Waals surface area contributed by atoms with Gasteiger partial charge in [0.05, 0.1) is 25.0 Å². The lowest BCUT2D eigenvalue weighted by Crippen LogP contribution is -2.62. The summed E-state index contributed by atoms with van der Waals surface area (Å²) in [5.41, 5.74) is 6.04. The van der Waals surface area contributed by atoms with E-state index in [0.29, 0.717) is 38.1 Å². The standard InChI is InChI=1S/C42H58N4O16/c1-22(2)12-13-23(3)46-27-20-29(28(18-25(27)38(53)54)59-21-45-42(43)44-15-8-9-16-47)60-41-35(52)33(50)34(51)37(61-41)40(56)62-39(55)26-19-30(57-4)32(49)36(31(26)48)58-17-14-24-10-6-5-7-11-24/h5-7,10-11,18-20,22-23,33-35,37,40-41,46-52,56H,8-9,12-17,21H2,1-4H3,(H,53,54)(H3,43,44,45)/t23-,33+,34+,35-,37+,40+,41-/m1/s1. The lowest BCUT2D eigenvalue weighted by atomic mass is 9.98. The number of carbonyl (C=O) groups is 2. The van der Waals surface area contributed by atoms with Crippen LogP contribution < -0.4 is 35.3 Å². The normalized spacial score (nSPS) is 19.9. The molecule has 62 heavy (non-hydrogen) atoms. The molecule has 1 aliphatic heterocycles. The number of ether oxygens (including phenoxy) is 6. The highest BCUT2D eigenvalue weighted by atomic mass is 16.7. The van der Waals surface area contributed by atoms with Gasteiger partial charge in [0.25, 0.3) is 0 Å². The molecule has 1 aliphatic rings. The molecule has 0 amide bonds. The smallest absolute Gasteiger partial charge is 0.344 e. The summed E-state index contributed by atoms with van der Waals surface area (Å²) in [4.78, 5) is 30.0. The fourth-order valence-corrected chi connectivity index (χ4v) is 6.21. The van der Waals surface area contributed by atoms with Gasteiger partial charge in [0, 0.05) is 43.8 Å². The number of nitrogens with two attached hydrogens (primary N) is 1. The van der Waals surface area contributed by atoms with Gasteiger partial charge in [-0.1, -0.05) is 44.2 Å². The van der Waals surface area contributed by atoms with E-state index >= 15 is 0 Å². The van der Waals surface area contributed by atoms with Crippen LogP contribution >= 0.6 is 0 Å². The molecule has 0 bridgehead atoms. The number of carboxylic acids is 1. The Morgan fingerprint density at radius 1 is 0.903 bits per heavy atom. The maximum Gasteiger partial charge on any atom is 0.344 e. The minimum absolute atomic E-state index is 0.00491. The van der Waals surface area contributed by atoms with Gasteiger partial charge in [-0.15, -0.1) is 0 Å². The van der Waals surface area contributed by atoms with Crippen molar-refractivity contribution < 1.29 is 78.9 Å². The SMILES string of the molecule is COc1cc(C(=O)O[C@H](O)[C@H]2O[C@@H](Oc3cc(N[C@H](C)CCC(C)C)c(C(=O)O)cc3OCN=C(N)NCCCCO)[C@H](O)[C@@H](O)[C@@H]2O)c(O)c(OCCc2ccccc2)c1O. The van der Waals surface area contributed by atoms with E-state index in [-0.39, 0.29) is 53.7 Å². The first kappa shape index (κ1) is 48.9. The van der Waals surface area contributed by atoms with Gasteiger partial charge in [-0.05, 0) is 44.1 Å². The van der Waals surface area contributed by atoms with E-state index in [4.69, 9.17) is 39.3 Å². The van der Waals surface area contributed by atoms with E-state index < -0.39 is 78.5 Å². The summed E-state index contributed by atoms with van der Waals surface area (Å²) in [6, 6.07) is 12.3. The summed E-state index contributed by atoms with van der Waals surface area (Å²) in [7, 11) is 1.18. The molecule has 1 saturated heterocycles. The number of esters is 1. The molecule has 0 unspecified atom stereocenters. The monoisotopic (exact) mass is 874 g/mol. The number of guanidine groups is 1. The largest absolute Gasteiger partial charge is 0.504 e. The van der Waals surface area contributed by atoms with Crippen LogP contribution in [0.25, 0.3) is 0 Å². The Morgan fingerprint density at radius 2 is 1.61 bits per heavy atom. The van der Waals surface area contributed by atoms with E-state index in [9.17, 15) is 45.3 Å². The minimum atomic E-state index is -2.39. The first-order valence-electron chi connectivity index (χ1n) is 20.1. The van der Waals surface area contributed by atoms with Gasteiger partial charge < -0.3 is 85.6 Å². The molecule has 1 heterocycles. The molecule has 4 rings (SSSR count). The van der Waals surface area contributed by atoms with E-state index in [0.717, 1.165) is 24.1 Å². The van der Waals surface area contributed by atoms with Gasteiger partial charge in [0.1, 0.15) is 23.9 Å². The van der Waals surface area contributed by atoms with Gasteiger partial charge in [0.15, 0.2) is 41.8 Å². The van der Waals surface area contributed by atoms with Crippen LogP contribution in [0, 0.1) is 5.92 Å². The predicted octanol–water partition coefficient (Wildman–Crippen LogP) is 2.04. The van der Waals surface area contributed by atoms with Crippen molar-refractivity contribution in [2.45, 2.75) is 95.9 Å². The predicted molar refractivity (Wildman–Crippen MR) is 223 cm³/mol. The molecule has 0 aromatic heterocycles. The molecule has 342 valence electrons. The van der Waals surface area contributed by atoms with Crippen LogP contribution in [0.3, 0.4) is 0 Å². The van der Waals surface area contributed by atoms with Crippen molar-refractivity contribution in [3.05, 3.63) is 65.2 Å². The van der Waals surface area contributed by atoms with Crippen molar-refractivity contribution in [2.75, 3.05) is 38.9 Å². The number of nitrogens with one attached hydrogen (secondary N) is 2. The first-order chi connectivity index (χ1) is 29.6. The van der Waals surface area contributed by atoms with Crippen molar-refractivity contribution in [3.8, 4) is 34.5 Å². The van der Waals surface area contributed by atoms with Crippen LogP contribution in [0.4, 0.5) is 5.69 Å². The number of carbonyl (C=O) groups excluding carboxylic acids is 1. The topological polar surface area (TPSA) is 314 Å². The van der Waals surface area contributed by atoms with Gasteiger partial charge in [-0.3, -0.25) is 0 Å². The molecule has 12 N–H and O–H groups in total. The molecular formula is C42H58N4O16. The third-order valence-corrected chi connectivity index (χ3v) is 9.71.